The molecule has 3 heterocycles. The molecule has 1 saturated heterocycles. The number of nitrogens with zero attached hydrogens (tertiary/aromatic N) is 6. The normalized spacial score (nSPS) is 15.4. The van der Waals surface area contributed by atoms with Crippen molar-refractivity contribution in [2.45, 2.75) is 12.6 Å². The molecule has 1 amide bonds. The van der Waals surface area contributed by atoms with E-state index < -0.39 is 0 Å². The quantitative estimate of drug-likeness (QED) is 0.419. The van der Waals surface area contributed by atoms with Crippen LogP contribution in [0.25, 0.3) is 0 Å². The van der Waals surface area contributed by atoms with Crippen molar-refractivity contribution < 1.29 is 13.6 Å². The number of tetrazole rings is 1. The fourth-order valence-electron chi connectivity index (χ4n) is 4.19. The minimum absolute atomic E-state index is 0.117. The van der Waals surface area contributed by atoms with Gasteiger partial charge in [0, 0.05) is 31.2 Å². The van der Waals surface area contributed by atoms with Gasteiger partial charge in [-0.15, -0.1) is 5.10 Å². The summed E-state index contributed by atoms with van der Waals surface area (Å²) in [5, 5.41) is 13.1. The Morgan fingerprint density at radius 2 is 1.76 bits per heavy atom. The molecule has 0 N–H and O–H groups in total. The molecule has 1 atom stereocenters. The Kier molecular flexibility index (Phi) is 6.37. The van der Waals surface area contributed by atoms with Crippen molar-refractivity contribution >= 4 is 17.5 Å². The molecule has 0 saturated carbocycles. The first kappa shape index (κ1) is 22.2. The predicted molar refractivity (Wildman–Crippen MR) is 123 cm³/mol. The highest BCUT2D eigenvalue weighted by Gasteiger charge is 2.32. The van der Waals surface area contributed by atoms with Crippen molar-refractivity contribution in [1.82, 2.24) is 30.0 Å². The van der Waals surface area contributed by atoms with Gasteiger partial charge in [0.25, 0.3) is 5.91 Å². The highest BCUT2D eigenvalue weighted by Crippen LogP contribution is 2.29. The Balaban J connectivity index is 1.40. The third kappa shape index (κ3) is 4.71. The summed E-state index contributed by atoms with van der Waals surface area (Å²) in [4.78, 5) is 16.7. The van der Waals surface area contributed by atoms with Crippen molar-refractivity contribution in [1.29, 1.82) is 0 Å². The van der Waals surface area contributed by atoms with E-state index in [0.29, 0.717) is 49.3 Å². The average molecular weight is 481 g/mol. The van der Waals surface area contributed by atoms with E-state index >= 15 is 0 Å². The zero-order valence-corrected chi connectivity index (χ0v) is 19.0. The van der Waals surface area contributed by atoms with Crippen LogP contribution in [-0.4, -0.2) is 62.1 Å². The SMILES string of the molecule is O=C(c1ccco1)N1CCN(C(c2ccc(Cl)cc2)c2nnnn2Cc2ccc(F)cc2)CC1. The number of hydrogen-bond acceptors (Lipinski definition) is 6. The highest BCUT2D eigenvalue weighted by atomic mass is 35.5. The fraction of sp³-hybridized carbons (Fsp3) is 0.250. The third-order valence-electron chi connectivity index (χ3n) is 5.93. The molecule has 5 rings (SSSR count). The first-order valence-corrected chi connectivity index (χ1v) is 11.3. The molecular weight excluding hydrogens is 459 g/mol. The Bertz CT molecular complexity index is 1240. The maximum atomic E-state index is 13.3. The van der Waals surface area contributed by atoms with Crippen LogP contribution in [0.15, 0.2) is 71.3 Å². The number of piperazine rings is 1. The minimum Gasteiger partial charge on any atom is -0.459 e. The number of aromatic nitrogens is 4. The maximum Gasteiger partial charge on any atom is 0.289 e. The Hall–Kier alpha value is -3.56. The van der Waals surface area contributed by atoms with E-state index in [4.69, 9.17) is 16.0 Å². The van der Waals surface area contributed by atoms with Gasteiger partial charge in [0.15, 0.2) is 11.6 Å². The number of halogens is 2. The zero-order valence-electron chi connectivity index (χ0n) is 18.2. The summed E-state index contributed by atoms with van der Waals surface area (Å²) >= 11 is 6.14. The fourth-order valence-corrected chi connectivity index (χ4v) is 4.32. The summed E-state index contributed by atoms with van der Waals surface area (Å²) in [6.07, 6.45) is 1.50. The van der Waals surface area contributed by atoms with E-state index in [2.05, 4.69) is 20.4 Å². The lowest BCUT2D eigenvalue weighted by atomic mass is 10.0. The summed E-state index contributed by atoms with van der Waals surface area (Å²) in [5.41, 5.74) is 1.88. The topological polar surface area (TPSA) is 80.3 Å². The number of hydrogen-bond donors (Lipinski definition) is 0. The molecular formula is C24H22ClFN6O2. The Morgan fingerprint density at radius 1 is 1.03 bits per heavy atom. The van der Waals surface area contributed by atoms with Crippen LogP contribution in [0, 0.1) is 5.82 Å². The zero-order chi connectivity index (χ0) is 23.5. The van der Waals surface area contributed by atoms with Gasteiger partial charge < -0.3 is 9.32 Å². The molecule has 2 aromatic heterocycles. The van der Waals surface area contributed by atoms with Gasteiger partial charge in [-0.1, -0.05) is 35.9 Å². The molecule has 34 heavy (non-hydrogen) atoms. The number of rotatable bonds is 6. The third-order valence-corrected chi connectivity index (χ3v) is 6.19. The summed E-state index contributed by atoms with van der Waals surface area (Å²) in [6.45, 7) is 2.75. The summed E-state index contributed by atoms with van der Waals surface area (Å²) in [6, 6.07) is 17.0. The molecule has 2 aromatic carbocycles. The van der Waals surface area contributed by atoms with E-state index in [1.165, 1.54) is 18.4 Å². The van der Waals surface area contributed by atoms with Crippen LogP contribution in [0.3, 0.4) is 0 Å². The second kappa shape index (κ2) is 9.74. The van der Waals surface area contributed by atoms with Crippen LogP contribution in [0.2, 0.25) is 5.02 Å². The van der Waals surface area contributed by atoms with E-state index in [0.717, 1.165) is 11.1 Å². The van der Waals surface area contributed by atoms with Crippen molar-refractivity contribution in [2.75, 3.05) is 26.2 Å². The molecule has 0 radical (unpaired) electrons. The van der Waals surface area contributed by atoms with E-state index in [9.17, 15) is 9.18 Å². The lowest BCUT2D eigenvalue weighted by molar-refractivity contribution is 0.0559. The molecule has 0 bridgehead atoms. The molecule has 1 aliphatic heterocycles. The highest BCUT2D eigenvalue weighted by molar-refractivity contribution is 6.30. The summed E-state index contributed by atoms with van der Waals surface area (Å²) in [7, 11) is 0. The number of amides is 1. The van der Waals surface area contributed by atoms with Crippen LogP contribution in [0.1, 0.15) is 33.5 Å². The van der Waals surface area contributed by atoms with Gasteiger partial charge in [-0.05, 0) is 58.0 Å². The summed E-state index contributed by atoms with van der Waals surface area (Å²) < 4.78 is 20.4. The van der Waals surface area contributed by atoms with Crippen molar-refractivity contribution in [3.8, 4) is 0 Å². The van der Waals surface area contributed by atoms with Crippen LogP contribution in [-0.2, 0) is 6.54 Å². The van der Waals surface area contributed by atoms with Gasteiger partial charge in [0.1, 0.15) is 5.82 Å². The van der Waals surface area contributed by atoms with Crippen LogP contribution in [0.5, 0.6) is 0 Å². The average Bonchev–Trinajstić information content (AvgIpc) is 3.55. The Labute approximate surface area is 200 Å². The van der Waals surface area contributed by atoms with E-state index in [1.807, 2.05) is 24.3 Å². The van der Waals surface area contributed by atoms with Crippen molar-refractivity contribution in [3.63, 3.8) is 0 Å². The molecule has 4 aromatic rings. The number of carbonyl (C=O) groups excluding carboxylic acids is 1. The largest absolute Gasteiger partial charge is 0.459 e. The number of carbonyl (C=O) groups is 1. The monoisotopic (exact) mass is 480 g/mol. The number of furan rings is 1. The van der Waals surface area contributed by atoms with E-state index in [1.54, 1.807) is 33.8 Å². The van der Waals surface area contributed by atoms with Gasteiger partial charge in [0.05, 0.1) is 18.8 Å². The smallest absolute Gasteiger partial charge is 0.289 e. The van der Waals surface area contributed by atoms with Crippen LogP contribution >= 0.6 is 11.6 Å². The lowest BCUT2D eigenvalue weighted by Gasteiger charge is -2.38. The van der Waals surface area contributed by atoms with Gasteiger partial charge in [-0.2, -0.15) is 0 Å². The second-order valence-electron chi connectivity index (χ2n) is 8.08. The van der Waals surface area contributed by atoms with Crippen LogP contribution in [0.4, 0.5) is 4.39 Å². The first-order valence-electron chi connectivity index (χ1n) is 10.9. The lowest BCUT2D eigenvalue weighted by Crippen LogP contribution is -2.50. The maximum absolute atomic E-state index is 13.3. The first-order chi connectivity index (χ1) is 16.6. The standard InChI is InChI=1S/C24H22ClFN6O2/c25-19-7-5-18(6-8-19)22(23-27-28-29-32(23)16-17-3-9-20(26)10-4-17)30-11-13-31(14-12-30)24(33)21-2-1-15-34-21/h1-10,15,22H,11-14,16H2. The molecule has 0 spiro atoms. The number of benzene rings is 2. The molecule has 0 aliphatic carbocycles. The van der Waals surface area contributed by atoms with Crippen LogP contribution < -0.4 is 0 Å². The Morgan fingerprint density at radius 3 is 2.44 bits per heavy atom. The summed E-state index contributed by atoms with van der Waals surface area (Å²) in [5.74, 6) is 0.596. The van der Waals surface area contributed by atoms with Gasteiger partial charge in [0.2, 0.25) is 0 Å². The molecule has 174 valence electrons. The second-order valence-corrected chi connectivity index (χ2v) is 8.52. The van der Waals surface area contributed by atoms with Gasteiger partial charge >= 0.3 is 0 Å². The molecule has 1 aliphatic rings. The molecule has 1 fully saturated rings. The van der Waals surface area contributed by atoms with E-state index in [-0.39, 0.29) is 17.8 Å². The molecule has 10 heteroatoms. The minimum atomic E-state index is -0.290. The molecule has 1 unspecified atom stereocenters. The van der Waals surface area contributed by atoms with Crippen molar-refractivity contribution in [2.24, 2.45) is 0 Å². The molecule has 8 nitrogen and oxygen atoms in total. The van der Waals surface area contributed by atoms with Gasteiger partial charge in [-0.3, -0.25) is 9.69 Å². The van der Waals surface area contributed by atoms with Gasteiger partial charge in [-0.25, -0.2) is 9.07 Å². The predicted octanol–water partition coefficient (Wildman–Crippen LogP) is 3.65. The van der Waals surface area contributed by atoms with Crippen molar-refractivity contribution in [3.05, 3.63) is 100 Å².